The van der Waals surface area contributed by atoms with E-state index in [1.54, 1.807) is 41.2 Å². The van der Waals surface area contributed by atoms with Gasteiger partial charge in [-0.3, -0.25) is 4.99 Å². The zero-order chi connectivity index (χ0) is 20.1. The molecule has 3 aromatic carbocycles. The Hall–Kier alpha value is -3.51. The summed E-state index contributed by atoms with van der Waals surface area (Å²) in [4.78, 5) is 5.41. The molecule has 144 valence electrons. The first-order valence-electron chi connectivity index (χ1n) is 9.04. The van der Waals surface area contributed by atoms with E-state index in [0.29, 0.717) is 16.9 Å². The topological polar surface area (TPSA) is 49.9 Å². The fourth-order valence-corrected chi connectivity index (χ4v) is 3.63. The average molecular weight is 403 g/mol. The summed E-state index contributed by atoms with van der Waals surface area (Å²) >= 11 is 1.46. The molecular formula is C23H18FN3OS. The Kier molecular flexibility index (Phi) is 5.63. The van der Waals surface area contributed by atoms with E-state index in [1.807, 2.05) is 41.8 Å². The first kappa shape index (κ1) is 18.8. The van der Waals surface area contributed by atoms with Crippen LogP contribution in [0.1, 0.15) is 11.1 Å². The van der Waals surface area contributed by atoms with Crippen LogP contribution in [0.25, 0.3) is 11.3 Å². The van der Waals surface area contributed by atoms with E-state index in [9.17, 15) is 9.50 Å². The van der Waals surface area contributed by atoms with E-state index >= 15 is 0 Å². The lowest BCUT2D eigenvalue weighted by molar-refractivity contribution is 0.474. The van der Waals surface area contributed by atoms with E-state index in [0.717, 1.165) is 16.8 Å². The molecule has 0 radical (unpaired) electrons. The van der Waals surface area contributed by atoms with Crippen LogP contribution in [-0.4, -0.2) is 16.0 Å². The molecule has 0 spiro atoms. The molecule has 6 heteroatoms. The predicted molar refractivity (Wildman–Crippen MR) is 115 cm³/mol. The Morgan fingerprint density at radius 3 is 2.41 bits per heavy atom. The SMILES string of the molecule is Oc1ccccc1C=Nn1c(-c2ccc(F)cc2)csc1=NCc1ccccc1. The van der Waals surface area contributed by atoms with Crippen LogP contribution in [0, 0.1) is 5.82 Å². The highest BCUT2D eigenvalue weighted by Gasteiger charge is 2.08. The van der Waals surface area contributed by atoms with Crippen molar-refractivity contribution in [3.63, 3.8) is 0 Å². The number of hydrogen-bond acceptors (Lipinski definition) is 4. The van der Waals surface area contributed by atoms with Gasteiger partial charge in [0.15, 0.2) is 0 Å². The van der Waals surface area contributed by atoms with Gasteiger partial charge >= 0.3 is 0 Å². The van der Waals surface area contributed by atoms with Crippen molar-refractivity contribution in [3.8, 4) is 17.0 Å². The summed E-state index contributed by atoms with van der Waals surface area (Å²) in [6.07, 6.45) is 1.59. The third kappa shape index (κ3) is 4.50. The highest BCUT2D eigenvalue weighted by molar-refractivity contribution is 7.07. The van der Waals surface area contributed by atoms with Gasteiger partial charge in [-0.15, -0.1) is 11.3 Å². The van der Waals surface area contributed by atoms with Gasteiger partial charge in [-0.1, -0.05) is 42.5 Å². The molecule has 0 aliphatic carbocycles. The molecule has 0 atom stereocenters. The molecule has 0 fully saturated rings. The monoisotopic (exact) mass is 403 g/mol. The lowest BCUT2D eigenvalue weighted by Crippen LogP contribution is -2.12. The number of phenolic OH excluding ortho intramolecular Hbond substituents is 1. The standard InChI is InChI=1S/C23H18FN3OS/c24-20-12-10-18(11-13-20)21-16-29-23(25-14-17-6-2-1-3-7-17)27(21)26-15-19-8-4-5-9-22(19)28/h1-13,15-16,28H,14H2. The number of halogens is 1. The molecule has 0 unspecified atom stereocenters. The molecular weight excluding hydrogens is 385 g/mol. The van der Waals surface area contributed by atoms with Crippen molar-refractivity contribution in [2.24, 2.45) is 10.1 Å². The summed E-state index contributed by atoms with van der Waals surface area (Å²) in [6.45, 7) is 0.524. The number of nitrogens with zero attached hydrogens (tertiary/aromatic N) is 3. The second-order valence-electron chi connectivity index (χ2n) is 6.33. The number of phenols is 1. The third-order valence-corrected chi connectivity index (χ3v) is 5.17. The second kappa shape index (κ2) is 8.67. The van der Waals surface area contributed by atoms with Crippen LogP contribution >= 0.6 is 11.3 Å². The Bertz CT molecular complexity index is 1190. The maximum atomic E-state index is 13.4. The molecule has 1 N–H and O–H groups in total. The van der Waals surface area contributed by atoms with E-state index in [1.165, 1.54) is 23.5 Å². The summed E-state index contributed by atoms with van der Waals surface area (Å²) in [5, 5.41) is 16.5. The van der Waals surface area contributed by atoms with Crippen LogP contribution in [0.5, 0.6) is 5.75 Å². The van der Waals surface area contributed by atoms with Crippen LogP contribution in [0.2, 0.25) is 0 Å². The Balaban J connectivity index is 1.77. The first-order chi connectivity index (χ1) is 14.2. The number of aromatic nitrogens is 1. The fraction of sp³-hybridized carbons (Fsp3) is 0.0435. The van der Waals surface area contributed by atoms with Gasteiger partial charge in [0.05, 0.1) is 18.5 Å². The fourth-order valence-electron chi connectivity index (χ4n) is 2.80. The molecule has 0 amide bonds. The van der Waals surface area contributed by atoms with Crippen molar-refractivity contribution in [1.29, 1.82) is 0 Å². The molecule has 29 heavy (non-hydrogen) atoms. The first-order valence-corrected chi connectivity index (χ1v) is 9.92. The minimum Gasteiger partial charge on any atom is -0.507 e. The number of benzene rings is 3. The van der Waals surface area contributed by atoms with Gasteiger partial charge in [-0.2, -0.15) is 5.10 Å². The third-order valence-electron chi connectivity index (χ3n) is 4.31. The average Bonchev–Trinajstić information content (AvgIpc) is 3.16. The highest BCUT2D eigenvalue weighted by Crippen LogP contribution is 2.21. The molecule has 1 heterocycles. The summed E-state index contributed by atoms with van der Waals surface area (Å²) in [5.74, 6) is -0.139. The molecule has 0 saturated carbocycles. The predicted octanol–water partition coefficient (Wildman–Crippen LogP) is 5.04. The van der Waals surface area contributed by atoms with Crippen molar-refractivity contribution in [1.82, 2.24) is 4.68 Å². The molecule has 0 aliphatic rings. The Morgan fingerprint density at radius 2 is 1.66 bits per heavy atom. The minimum atomic E-state index is -0.290. The maximum Gasteiger partial charge on any atom is 0.206 e. The van der Waals surface area contributed by atoms with Gasteiger partial charge < -0.3 is 5.11 Å². The largest absolute Gasteiger partial charge is 0.507 e. The normalized spacial score (nSPS) is 12.0. The summed E-state index contributed by atoms with van der Waals surface area (Å²) in [5.41, 5.74) is 3.33. The van der Waals surface area contributed by atoms with Gasteiger partial charge in [-0.25, -0.2) is 9.07 Å². The van der Waals surface area contributed by atoms with E-state index in [-0.39, 0.29) is 11.6 Å². The van der Waals surface area contributed by atoms with Crippen LogP contribution < -0.4 is 4.80 Å². The van der Waals surface area contributed by atoms with Crippen LogP contribution in [-0.2, 0) is 6.54 Å². The van der Waals surface area contributed by atoms with E-state index in [2.05, 4.69) is 5.10 Å². The molecule has 0 aliphatic heterocycles. The lowest BCUT2D eigenvalue weighted by atomic mass is 10.2. The Labute approximate surface area is 171 Å². The smallest absolute Gasteiger partial charge is 0.206 e. The zero-order valence-corrected chi connectivity index (χ0v) is 16.3. The molecule has 4 aromatic rings. The molecule has 0 bridgehead atoms. The quantitative estimate of drug-likeness (QED) is 0.466. The van der Waals surface area contributed by atoms with Gasteiger partial charge in [0.2, 0.25) is 4.80 Å². The number of thiazole rings is 1. The van der Waals surface area contributed by atoms with Crippen LogP contribution in [0.4, 0.5) is 4.39 Å². The van der Waals surface area contributed by atoms with Gasteiger partial charge in [-0.05, 0) is 42.0 Å². The Morgan fingerprint density at radius 1 is 0.931 bits per heavy atom. The molecule has 0 saturated heterocycles. The van der Waals surface area contributed by atoms with Crippen molar-refractivity contribution in [2.45, 2.75) is 6.54 Å². The molecule has 4 nitrogen and oxygen atoms in total. The van der Waals surface area contributed by atoms with Gasteiger partial charge in [0.25, 0.3) is 0 Å². The molecule has 1 aromatic heterocycles. The number of para-hydroxylation sites is 1. The second-order valence-corrected chi connectivity index (χ2v) is 7.16. The maximum absolute atomic E-state index is 13.4. The van der Waals surface area contributed by atoms with E-state index < -0.39 is 0 Å². The number of rotatable bonds is 5. The summed E-state index contributed by atoms with van der Waals surface area (Å²) in [7, 11) is 0. The number of hydrogen-bond donors (Lipinski definition) is 1. The molecule has 4 rings (SSSR count). The highest BCUT2D eigenvalue weighted by atomic mass is 32.1. The zero-order valence-electron chi connectivity index (χ0n) is 15.4. The van der Waals surface area contributed by atoms with Crippen LogP contribution in [0.3, 0.4) is 0 Å². The van der Waals surface area contributed by atoms with Gasteiger partial charge in [0, 0.05) is 16.5 Å². The van der Waals surface area contributed by atoms with Crippen LogP contribution in [0.15, 0.2) is 94.3 Å². The minimum absolute atomic E-state index is 0.151. The lowest BCUT2D eigenvalue weighted by Gasteiger charge is -2.04. The van der Waals surface area contributed by atoms with E-state index in [4.69, 9.17) is 4.99 Å². The summed E-state index contributed by atoms with van der Waals surface area (Å²) < 4.78 is 15.1. The van der Waals surface area contributed by atoms with Crippen molar-refractivity contribution in [3.05, 3.63) is 106 Å². The van der Waals surface area contributed by atoms with Crippen molar-refractivity contribution in [2.75, 3.05) is 0 Å². The van der Waals surface area contributed by atoms with Crippen molar-refractivity contribution >= 4 is 17.6 Å². The van der Waals surface area contributed by atoms with Gasteiger partial charge in [0.1, 0.15) is 11.6 Å². The summed E-state index contributed by atoms with van der Waals surface area (Å²) in [6, 6.07) is 23.2. The number of aromatic hydroxyl groups is 1. The van der Waals surface area contributed by atoms with Crippen molar-refractivity contribution < 1.29 is 9.50 Å².